The molecule has 1 aromatic carbocycles. The van der Waals surface area contributed by atoms with Crippen LogP contribution in [0.15, 0.2) is 18.2 Å². The lowest BCUT2D eigenvalue weighted by Crippen LogP contribution is -1.90. The van der Waals surface area contributed by atoms with Gasteiger partial charge in [0.15, 0.2) is 5.12 Å². The van der Waals surface area contributed by atoms with E-state index >= 15 is 0 Å². The normalized spacial score (nSPS) is 10.5. The van der Waals surface area contributed by atoms with Gasteiger partial charge in [-0.1, -0.05) is 47.5 Å². The van der Waals surface area contributed by atoms with Gasteiger partial charge < -0.3 is 0 Å². The van der Waals surface area contributed by atoms with Crippen LogP contribution in [0.2, 0.25) is 10.0 Å². The molecule has 0 amide bonds. The third kappa shape index (κ3) is 6.35. The monoisotopic (exact) mass is 290 g/mol. The van der Waals surface area contributed by atoms with Gasteiger partial charge >= 0.3 is 0 Å². The molecule has 0 fully saturated rings. The summed E-state index contributed by atoms with van der Waals surface area (Å²) in [4.78, 5) is 10.7. The molecule has 0 unspecified atom stereocenters. The van der Waals surface area contributed by atoms with E-state index in [4.69, 9.17) is 23.2 Å². The van der Waals surface area contributed by atoms with Gasteiger partial charge in [-0.25, -0.2) is 0 Å². The highest BCUT2D eigenvalue weighted by Gasteiger charge is 2.01. The van der Waals surface area contributed by atoms with Crippen molar-refractivity contribution in [1.29, 1.82) is 0 Å². The van der Waals surface area contributed by atoms with Gasteiger partial charge in [0, 0.05) is 22.7 Å². The van der Waals surface area contributed by atoms with E-state index in [9.17, 15) is 4.79 Å². The molecular formula is C13H16Cl2OS. The predicted octanol–water partition coefficient (Wildman–Crippen LogP) is 4.99. The highest BCUT2D eigenvalue weighted by molar-refractivity contribution is 8.13. The van der Waals surface area contributed by atoms with Crippen LogP contribution in [0, 0.1) is 0 Å². The molecule has 0 saturated carbocycles. The predicted molar refractivity (Wildman–Crippen MR) is 77.2 cm³/mol. The Kier molecular flexibility index (Phi) is 7.02. The Morgan fingerprint density at radius 1 is 1.24 bits per heavy atom. The van der Waals surface area contributed by atoms with Crippen molar-refractivity contribution in [1.82, 2.24) is 0 Å². The first-order chi connectivity index (χ1) is 8.09. The van der Waals surface area contributed by atoms with E-state index < -0.39 is 0 Å². The molecule has 0 bridgehead atoms. The summed E-state index contributed by atoms with van der Waals surface area (Å²) in [5.74, 6) is 0.920. The Hall–Kier alpha value is -0.180. The van der Waals surface area contributed by atoms with Crippen molar-refractivity contribution < 1.29 is 4.79 Å². The lowest BCUT2D eigenvalue weighted by Gasteiger charge is -2.04. The van der Waals surface area contributed by atoms with Gasteiger partial charge in [0.25, 0.3) is 0 Å². The first-order valence-electron chi connectivity index (χ1n) is 5.67. The van der Waals surface area contributed by atoms with E-state index in [-0.39, 0.29) is 5.12 Å². The van der Waals surface area contributed by atoms with Crippen LogP contribution in [-0.4, -0.2) is 10.9 Å². The molecule has 0 N–H and O–H groups in total. The van der Waals surface area contributed by atoms with Crippen LogP contribution in [0.4, 0.5) is 0 Å². The summed E-state index contributed by atoms with van der Waals surface area (Å²) in [7, 11) is 0. The highest BCUT2D eigenvalue weighted by atomic mass is 35.5. The minimum absolute atomic E-state index is 0.200. The molecule has 0 atom stereocenters. The van der Waals surface area contributed by atoms with Gasteiger partial charge in [0.05, 0.1) is 0 Å². The summed E-state index contributed by atoms with van der Waals surface area (Å²) in [6.07, 6.45) is 4.27. The molecule has 94 valence electrons. The van der Waals surface area contributed by atoms with Crippen LogP contribution >= 0.6 is 35.0 Å². The number of aryl methyl sites for hydroxylation is 1. The Morgan fingerprint density at radius 3 is 2.65 bits per heavy atom. The van der Waals surface area contributed by atoms with E-state index in [2.05, 4.69) is 0 Å². The van der Waals surface area contributed by atoms with Crippen molar-refractivity contribution >= 4 is 40.1 Å². The fraction of sp³-hybridized carbons (Fsp3) is 0.462. The van der Waals surface area contributed by atoms with Crippen LogP contribution in [0.25, 0.3) is 0 Å². The molecule has 0 heterocycles. The topological polar surface area (TPSA) is 17.1 Å². The Balaban J connectivity index is 2.20. The molecule has 1 aromatic rings. The summed E-state index contributed by atoms with van der Waals surface area (Å²) in [6.45, 7) is 1.61. The van der Waals surface area contributed by atoms with Crippen molar-refractivity contribution in [2.45, 2.75) is 32.6 Å². The molecule has 0 spiro atoms. The van der Waals surface area contributed by atoms with Crippen molar-refractivity contribution in [3.05, 3.63) is 33.8 Å². The standard InChI is InChI=1S/C13H16Cl2OS/c1-10(16)17-8-4-2-3-5-11-6-7-12(14)9-13(11)15/h6-7,9H,2-5,8H2,1H3. The van der Waals surface area contributed by atoms with E-state index in [0.717, 1.165) is 42.0 Å². The van der Waals surface area contributed by atoms with Gasteiger partial charge in [-0.15, -0.1) is 0 Å². The van der Waals surface area contributed by atoms with Crippen LogP contribution in [0.5, 0.6) is 0 Å². The fourth-order valence-corrected chi connectivity index (χ4v) is 2.67. The zero-order chi connectivity index (χ0) is 12.7. The number of benzene rings is 1. The Bertz CT molecular complexity index is 380. The largest absolute Gasteiger partial charge is 0.288 e. The van der Waals surface area contributed by atoms with Crippen LogP contribution in [-0.2, 0) is 11.2 Å². The van der Waals surface area contributed by atoms with E-state index in [1.165, 1.54) is 11.8 Å². The SMILES string of the molecule is CC(=O)SCCCCCc1ccc(Cl)cc1Cl. The van der Waals surface area contributed by atoms with E-state index in [1.54, 1.807) is 13.0 Å². The number of unbranched alkanes of at least 4 members (excludes halogenated alkanes) is 2. The number of carbonyl (C=O) groups is 1. The number of rotatable bonds is 6. The Morgan fingerprint density at radius 2 is 2.00 bits per heavy atom. The second-order valence-corrected chi connectivity index (χ2v) is 6.00. The molecule has 0 aromatic heterocycles. The first-order valence-corrected chi connectivity index (χ1v) is 7.41. The second kappa shape index (κ2) is 8.02. The fourth-order valence-electron chi connectivity index (χ4n) is 1.53. The van der Waals surface area contributed by atoms with Gasteiger partial charge in [0.2, 0.25) is 0 Å². The highest BCUT2D eigenvalue weighted by Crippen LogP contribution is 2.22. The maximum Gasteiger partial charge on any atom is 0.185 e. The average molecular weight is 291 g/mol. The van der Waals surface area contributed by atoms with Crippen molar-refractivity contribution in [2.24, 2.45) is 0 Å². The molecule has 0 aliphatic heterocycles. The third-order valence-electron chi connectivity index (χ3n) is 2.41. The van der Waals surface area contributed by atoms with Gasteiger partial charge in [0.1, 0.15) is 0 Å². The number of hydrogen-bond donors (Lipinski definition) is 0. The molecular weight excluding hydrogens is 275 g/mol. The molecule has 1 rings (SSSR count). The van der Waals surface area contributed by atoms with Crippen molar-refractivity contribution in [2.75, 3.05) is 5.75 Å². The van der Waals surface area contributed by atoms with Crippen molar-refractivity contribution in [3.63, 3.8) is 0 Å². The van der Waals surface area contributed by atoms with Gasteiger partial charge in [-0.05, 0) is 37.0 Å². The summed E-state index contributed by atoms with van der Waals surface area (Å²) >= 11 is 13.3. The smallest absolute Gasteiger partial charge is 0.185 e. The maximum absolute atomic E-state index is 10.7. The number of thioether (sulfide) groups is 1. The van der Waals surface area contributed by atoms with Crippen LogP contribution in [0.1, 0.15) is 31.7 Å². The molecule has 0 aliphatic carbocycles. The molecule has 0 saturated heterocycles. The van der Waals surface area contributed by atoms with E-state index in [0.29, 0.717) is 5.02 Å². The first kappa shape index (κ1) is 14.9. The second-order valence-electron chi connectivity index (χ2n) is 3.89. The molecule has 17 heavy (non-hydrogen) atoms. The molecule has 4 heteroatoms. The van der Waals surface area contributed by atoms with Crippen LogP contribution < -0.4 is 0 Å². The number of halogens is 2. The van der Waals surface area contributed by atoms with Crippen molar-refractivity contribution in [3.8, 4) is 0 Å². The maximum atomic E-state index is 10.7. The minimum Gasteiger partial charge on any atom is -0.288 e. The summed E-state index contributed by atoms with van der Waals surface area (Å²) in [5.41, 5.74) is 1.15. The number of hydrogen-bond acceptors (Lipinski definition) is 2. The summed E-state index contributed by atoms with van der Waals surface area (Å²) in [5, 5.41) is 1.62. The Labute approximate surface area is 117 Å². The minimum atomic E-state index is 0.200. The van der Waals surface area contributed by atoms with E-state index in [1.807, 2.05) is 12.1 Å². The quantitative estimate of drug-likeness (QED) is 0.687. The van der Waals surface area contributed by atoms with Crippen LogP contribution in [0.3, 0.4) is 0 Å². The number of carbonyl (C=O) groups excluding carboxylic acids is 1. The van der Waals surface area contributed by atoms with Gasteiger partial charge in [-0.2, -0.15) is 0 Å². The zero-order valence-electron chi connectivity index (χ0n) is 9.84. The average Bonchev–Trinajstić information content (AvgIpc) is 2.25. The lowest BCUT2D eigenvalue weighted by atomic mass is 10.1. The lowest BCUT2D eigenvalue weighted by molar-refractivity contribution is -0.109. The zero-order valence-corrected chi connectivity index (χ0v) is 12.2. The molecule has 0 aliphatic rings. The summed E-state index contributed by atoms with van der Waals surface area (Å²) < 4.78 is 0. The molecule has 1 nitrogen and oxygen atoms in total. The summed E-state index contributed by atoms with van der Waals surface area (Å²) in [6, 6.07) is 5.63. The molecule has 0 radical (unpaired) electrons. The third-order valence-corrected chi connectivity index (χ3v) is 3.90. The van der Waals surface area contributed by atoms with Gasteiger partial charge in [-0.3, -0.25) is 4.79 Å².